The number of benzene rings is 2. The van der Waals surface area contributed by atoms with E-state index in [0.29, 0.717) is 30.3 Å². The number of carbonyl (C=O) groups is 1. The highest BCUT2D eigenvalue weighted by Gasteiger charge is 2.41. The smallest absolute Gasteiger partial charge is 0.283 e. The van der Waals surface area contributed by atoms with Crippen LogP contribution in [0.3, 0.4) is 0 Å². The minimum Gasteiger partial charge on any atom is -0.497 e. The maximum absolute atomic E-state index is 12.4. The van der Waals surface area contributed by atoms with Crippen LogP contribution in [0, 0.1) is 5.41 Å². The number of rotatable bonds is 7. The van der Waals surface area contributed by atoms with E-state index < -0.39 is 15.7 Å². The number of ether oxygens (including phenoxy) is 3. The van der Waals surface area contributed by atoms with Gasteiger partial charge in [-0.3, -0.25) is 10.2 Å². The fraction of sp³-hybridized carbons (Fsp3) is 0.182. The third-order valence-electron chi connectivity index (χ3n) is 4.70. The lowest BCUT2D eigenvalue weighted by Crippen LogP contribution is -2.45. The van der Waals surface area contributed by atoms with Gasteiger partial charge in [0.2, 0.25) is 20.2 Å². The van der Waals surface area contributed by atoms with Crippen molar-refractivity contribution < 1.29 is 27.4 Å². The maximum atomic E-state index is 12.4. The first-order valence-electron chi connectivity index (χ1n) is 9.95. The second-order valence-corrected chi connectivity index (χ2v) is 9.76. The molecule has 2 heterocycles. The van der Waals surface area contributed by atoms with Gasteiger partial charge in [-0.1, -0.05) is 12.1 Å². The number of amidine groups is 3. The molecule has 12 heteroatoms. The molecule has 0 aromatic heterocycles. The highest BCUT2D eigenvalue weighted by atomic mass is 32.2. The molecule has 0 saturated heterocycles. The van der Waals surface area contributed by atoms with Gasteiger partial charge in [-0.15, -0.1) is 0 Å². The van der Waals surface area contributed by atoms with Gasteiger partial charge in [0, 0.05) is 6.26 Å². The Morgan fingerprint density at radius 3 is 2.12 bits per heavy atom. The molecule has 10 nitrogen and oxygen atoms in total. The Bertz CT molecular complexity index is 1320. The van der Waals surface area contributed by atoms with Gasteiger partial charge < -0.3 is 14.2 Å². The van der Waals surface area contributed by atoms with E-state index in [-0.39, 0.29) is 21.7 Å². The second kappa shape index (κ2) is 9.69. The minimum atomic E-state index is -3.69. The summed E-state index contributed by atoms with van der Waals surface area (Å²) in [4.78, 5) is 17.4. The van der Waals surface area contributed by atoms with Crippen LogP contribution in [0.5, 0.6) is 17.2 Å². The van der Waals surface area contributed by atoms with Gasteiger partial charge in [-0.2, -0.15) is 9.39 Å². The van der Waals surface area contributed by atoms with Crippen LogP contribution in [-0.4, -0.2) is 62.0 Å². The molecule has 34 heavy (non-hydrogen) atoms. The third kappa shape index (κ3) is 5.13. The predicted molar refractivity (Wildman–Crippen MR) is 130 cm³/mol. The van der Waals surface area contributed by atoms with Gasteiger partial charge in [0.25, 0.3) is 5.91 Å². The molecule has 0 atom stereocenters. The molecule has 2 aromatic carbocycles. The van der Waals surface area contributed by atoms with E-state index in [1.807, 2.05) is 24.3 Å². The van der Waals surface area contributed by atoms with Crippen molar-refractivity contribution in [2.75, 3.05) is 26.6 Å². The summed E-state index contributed by atoms with van der Waals surface area (Å²) in [7, 11) is -2.10. The number of nitrogens with zero attached hydrogens (tertiary/aromatic N) is 3. The molecule has 2 aliphatic heterocycles. The zero-order valence-corrected chi connectivity index (χ0v) is 19.9. The average molecular weight is 501 g/mol. The van der Waals surface area contributed by atoms with Gasteiger partial charge in [0.1, 0.15) is 36.3 Å². The van der Waals surface area contributed by atoms with Crippen LogP contribution in [-0.2, 0) is 14.6 Å². The Morgan fingerprint density at radius 2 is 1.56 bits per heavy atom. The molecular formula is C22H20N4O6S2. The van der Waals surface area contributed by atoms with E-state index in [4.69, 9.17) is 19.6 Å². The molecule has 2 aliphatic rings. The molecule has 1 amide bonds. The maximum Gasteiger partial charge on any atom is 0.283 e. The van der Waals surface area contributed by atoms with Crippen LogP contribution in [0.2, 0.25) is 0 Å². The molecule has 0 bridgehead atoms. The first kappa shape index (κ1) is 23.5. The van der Waals surface area contributed by atoms with Crippen LogP contribution in [0.4, 0.5) is 0 Å². The highest BCUT2D eigenvalue weighted by molar-refractivity contribution is 8.16. The molecule has 0 radical (unpaired) electrons. The zero-order valence-electron chi connectivity index (χ0n) is 18.2. The number of sulfone groups is 1. The Labute approximate surface area is 200 Å². The largest absolute Gasteiger partial charge is 0.497 e. The van der Waals surface area contributed by atoms with Crippen molar-refractivity contribution >= 4 is 49.9 Å². The molecule has 176 valence electrons. The van der Waals surface area contributed by atoms with Crippen LogP contribution in [0.25, 0.3) is 6.08 Å². The van der Waals surface area contributed by atoms with Gasteiger partial charge in [0.05, 0.1) is 24.6 Å². The lowest BCUT2D eigenvalue weighted by atomic mass is 10.1. The van der Waals surface area contributed by atoms with Crippen molar-refractivity contribution in [3.05, 3.63) is 59.7 Å². The summed E-state index contributed by atoms with van der Waals surface area (Å²) < 4.78 is 44.2. The van der Waals surface area contributed by atoms with E-state index >= 15 is 0 Å². The molecular weight excluding hydrogens is 480 g/mol. The standard InChI is InChI=1S/C22H20N4O6S2/c1-30-15-7-9-17(10-8-15)32-12-11-31-16-5-3-14(4-6-16)13-18-19(23)26-21(24-20(18)27)33-25-22(26)34(2,28)29/h3-10,13,23H,11-12H2,1-2H3. The predicted octanol–water partition coefficient (Wildman–Crippen LogP) is 2.77. The monoisotopic (exact) mass is 500 g/mol. The number of nitrogens with one attached hydrogen (secondary N) is 1. The SMILES string of the molecule is COc1ccc(OCCOc2ccc(C=C3C(=N)N4C(=NC3=O)SN=C4S(C)(=O)=O)cc2)cc1. The molecule has 0 spiro atoms. The Kier molecular flexibility index (Phi) is 6.70. The lowest BCUT2D eigenvalue weighted by Gasteiger charge is -2.23. The number of methoxy groups -OCH3 is 1. The quantitative estimate of drug-likeness (QED) is 0.349. The van der Waals surface area contributed by atoms with Crippen molar-refractivity contribution in [3.8, 4) is 17.2 Å². The van der Waals surface area contributed by atoms with Gasteiger partial charge in [-0.05, 0) is 48.0 Å². The summed E-state index contributed by atoms with van der Waals surface area (Å²) in [6.45, 7) is 0.676. The lowest BCUT2D eigenvalue weighted by molar-refractivity contribution is -0.114. The Hall–Kier alpha value is -3.64. The van der Waals surface area contributed by atoms with E-state index in [1.165, 1.54) is 6.08 Å². The van der Waals surface area contributed by atoms with E-state index in [1.54, 1.807) is 31.4 Å². The first-order chi connectivity index (χ1) is 16.3. The minimum absolute atomic E-state index is 0.0378. The molecule has 1 N–H and O–H groups in total. The molecule has 4 rings (SSSR count). The zero-order chi connectivity index (χ0) is 24.3. The number of amides is 1. The summed E-state index contributed by atoms with van der Waals surface area (Å²) in [6.07, 6.45) is 2.47. The van der Waals surface area contributed by atoms with Gasteiger partial charge in [0.15, 0.2) is 0 Å². The number of hydrogen-bond donors (Lipinski definition) is 1. The molecule has 0 saturated carbocycles. The first-order valence-corrected chi connectivity index (χ1v) is 12.6. The van der Waals surface area contributed by atoms with Crippen LogP contribution >= 0.6 is 11.9 Å². The number of aliphatic imine (C=N–C) groups is 1. The van der Waals surface area contributed by atoms with E-state index in [9.17, 15) is 13.2 Å². The topological polar surface area (TPSA) is 131 Å². The average Bonchev–Trinajstić information content (AvgIpc) is 3.25. The van der Waals surface area contributed by atoms with E-state index in [0.717, 1.165) is 28.9 Å². The normalized spacial score (nSPS) is 16.8. The van der Waals surface area contributed by atoms with Gasteiger partial charge in [-0.25, -0.2) is 13.3 Å². The fourth-order valence-corrected chi connectivity index (χ4v) is 4.90. The number of fused-ring (bicyclic) bond motifs is 1. The Morgan fingerprint density at radius 1 is 1.00 bits per heavy atom. The second-order valence-electron chi connectivity index (χ2n) is 7.12. The van der Waals surface area contributed by atoms with Crippen LogP contribution in [0.15, 0.2) is 63.5 Å². The Balaban J connectivity index is 1.38. The van der Waals surface area contributed by atoms with Crippen molar-refractivity contribution in [1.82, 2.24) is 4.90 Å². The summed E-state index contributed by atoms with van der Waals surface area (Å²) in [5.41, 5.74) is 0.586. The van der Waals surface area contributed by atoms with Gasteiger partial charge >= 0.3 is 0 Å². The van der Waals surface area contributed by atoms with Crippen molar-refractivity contribution in [3.63, 3.8) is 0 Å². The number of carbonyl (C=O) groups excluding carboxylic acids is 1. The van der Waals surface area contributed by atoms with Crippen molar-refractivity contribution in [2.45, 2.75) is 0 Å². The summed E-state index contributed by atoms with van der Waals surface area (Å²) >= 11 is 0.752. The third-order valence-corrected chi connectivity index (χ3v) is 6.45. The molecule has 0 aliphatic carbocycles. The summed E-state index contributed by atoms with van der Waals surface area (Å²) in [6, 6.07) is 14.1. The molecule has 0 unspecified atom stereocenters. The van der Waals surface area contributed by atoms with Crippen LogP contribution < -0.4 is 14.2 Å². The van der Waals surface area contributed by atoms with Crippen molar-refractivity contribution in [1.29, 1.82) is 5.41 Å². The molecule has 0 fully saturated rings. The van der Waals surface area contributed by atoms with Crippen LogP contribution in [0.1, 0.15) is 5.56 Å². The van der Waals surface area contributed by atoms with E-state index in [2.05, 4.69) is 9.39 Å². The number of hydrogen-bond acceptors (Lipinski definition) is 9. The van der Waals surface area contributed by atoms with Crippen molar-refractivity contribution in [2.24, 2.45) is 9.39 Å². The summed E-state index contributed by atoms with van der Waals surface area (Å²) in [5.74, 6) is 1.13. The molecule has 2 aromatic rings. The summed E-state index contributed by atoms with van der Waals surface area (Å²) in [5, 5.41) is 8.09. The fourth-order valence-electron chi connectivity index (χ4n) is 3.06. The highest BCUT2D eigenvalue weighted by Crippen LogP contribution is 2.29.